The highest BCUT2D eigenvalue weighted by atomic mass is 16.7. The fourth-order valence-electron chi connectivity index (χ4n) is 2.63. The summed E-state index contributed by atoms with van der Waals surface area (Å²) in [6.45, 7) is 0.828. The van der Waals surface area contributed by atoms with Gasteiger partial charge in [0.25, 0.3) is 5.91 Å². The molecule has 2 aromatic carbocycles. The minimum absolute atomic E-state index is 0.0139. The van der Waals surface area contributed by atoms with Crippen molar-refractivity contribution in [3.05, 3.63) is 60.2 Å². The Labute approximate surface area is 122 Å². The molecule has 1 amide bonds. The van der Waals surface area contributed by atoms with Gasteiger partial charge in [0.05, 0.1) is 0 Å². The fraction of sp³-hybridized carbons (Fsp3) is 0.118. The standard InChI is InChI=1S/C17H13NO3/c19-17-14(8-9-18(17)13-4-2-1-3-5-13)12-6-7-15-16(10-12)21-11-20-15/h1-8,10H,9,11H2. The fourth-order valence-corrected chi connectivity index (χ4v) is 2.63. The molecule has 0 aliphatic carbocycles. The number of benzene rings is 2. The lowest BCUT2D eigenvalue weighted by Crippen LogP contribution is -2.25. The first-order valence-electron chi connectivity index (χ1n) is 6.80. The van der Waals surface area contributed by atoms with E-state index in [1.165, 1.54) is 0 Å². The van der Waals surface area contributed by atoms with Gasteiger partial charge in [-0.1, -0.05) is 30.3 Å². The molecule has 0 saturated carbocycles. The highest BCUT2D eigenvalue weighted by molar-refractivity contribution is 6.28. The number of hydrogen-bond donors (Lipinski definition) is 0. The van der Waals surface area contributed by atoms with Gasteiger partial charge in [-0.25, -0.2) is 0 Å². The second-order valence-corrected chi connectivity index (χ2v) is 4.94. The van der Waals surface area contributed by atoms with Crippen LogP contribution >= 0.6 is 0 Å². The van der Waals surface area contributed by atoms with Crippen LogP contribution in [-0.4, -0.2) is 19.2 Å². The maximum Gasteiger partial charge on any atom is 0.258 e. The summed E-state index contributed by atoms with van der Waals surface area (Å²) >= 11 is 0. The summed E-state index contributed by atoms with van der Waals surface area (Å²) < 4.78 is 10.7. The lowest BCUT2D eigenvalue weighted by molar-refractivity contribution is -0.112. The van der Waals surface area contributed by atoms with Crippen molar-refractivity contribution in [2.24, 2.45) is 0 Å². The second kappa shape index (κ2) is 4.66. The van der Waals surface area contributed by atoms with Crippen molar-refractivity contribution in [3.63, 3.8) is 0 Å². The Morgan fingerprint density at radius 3 is 2.62 bits per heavy atom. The van der Waals surface area contributed by atoms with E-state index in [-0.39, 0.29) is 12.7 Å². The Morgan fingerprint density at radius 2 is 1.76 bits per heavy atom. The molecule has 0 bridgehead atoms. The summed E-state index contributed by atoms with van der Waals surface area (Å²) in [5.41, 5.74) is 2.48. The predicted molar refractivity (Wildman–Crippen MR) is 79.3 cm³/mol. The molecule has 21 heavy (non-hydrogen) atoms. The van der Waals surface area contributed by atoms with Crippen LogP contribution in [-0.2, 0) is 4.79 Å². The van der Waals surface area contributed by atoms with Crippen LogP contribution in [0, 0.1) is 0 Å². The van der Waals surface area contributed by atoms with Crippen molar-refractivity contribution in [1.29, 1.82) is 0 Å². The van der Waals surface area contributed by atoms with E-state index in [4.69, 9.17) is 9.47 Å². The van der Waals surface area contributed by atoms with Crippen molar-refractivity contribution in [2.75, 3.05) is 18.2 Å². The van der Waals surface area contributed by atoms with Crippen LogP contribution in [0.4, 0.5) is 5.69 Å². The Kier molecular flexibility index (Phi) is 2.67. The van der Waals surface area contributed by atoms with Crippen LogP contribution in [0.1, 0.15) is 5.56 Å². The summed E-state index contributed by atoms with van der Waals surface area (Å²) in [7, 11) is 0. The van der Waals surface area contributed by atoms with E-state index >= 15 is 0 Å². The Hall–Kier alpha value is -2.75. The molecule has 2 aliphatic heterocycles. The number of hydrogen-bond acceptors (Lipinski definition) is 3. The Morgan fingerprint density at radius 1 is 0.952 bits per heavy atom. The van der Waals surface area contributed by atoms with Crippen LogP contribution in [0.5, 0.6) is 11.5 Å². The molecule has 104 valence electrons. The maximum absolute atomic E-state index is 12.6. The monoisotopic (exact) mass is 279 g/mol. The number of fused-ring (bicyclic) bond motifs is 1. The summed E-state index contributed by atoms with van der Waals surface area (Å²) in [6, 6.07) is 15.3. The molecule has 0 unspecified atom stereocenters. The number of para-hydroxylation sites is 1. The number of rotatable bonds is 2. The number of carbonyl (C=O) groups is 1. The molecule has 2 aromatic rings. The van der Waals surface area contributed by atoms with Crippen LogP contribution in [0.15, 0.2) is 54.6 Å². The number of nitrogens with zero attached hydrogens (tertiary/aromatic N) is 1. The van der Waals surface area contributed by atoms with E-state index < -0.39 is 0 Å². The molecular weight excluding hydrogens is 266 g/mol. The molecule has 4 heteroatoms. The summed E-state index contributed by atoms with van der Waals surface area (Å²) in [5.74, 6) is 1.43. The van der Waals surface area contributed by atoms with Crippen molar-refractivity contribution < 1.29 is 14.3 Å². The van der Waals surface area contributed by atoms with E-state index in [0.29, 0.717) is 17.9 Å². The molecule has 2 aliphatic rings. The number of amides is 1. The van der Waals surface area contributed by atoms with Crippen LogP contribution in [0.25, 0.3) is 5.57 Å². The van der Waals surface area contributed by atoms with Gasteiger partial charge in [0.1, 0.15) is 0 Å². The lowest BCUT2D eigenvalue weighted by atomic mass is 10.1. The van der Waals surface area contributed by atoms with Gasteiger partial charge in [-0.2, -0.15) is 0 Å². The molecule has 0 fully saturated rings. The largest absolute Gasteiger partial charge is 0.454 e. The topological polar surface area (TPSA) is 38.8 Å². The van der Waals surface area contributed by atoms with Gasteiger partial charge in [0, 0.05) is 17.8 Å². The molecule has 0 atom stereocenters. The van der Waals surface area contributed by atoms with Gasteiger partial charge in [0.15, 0.2) is 11.5 Å². The van der Waals surface area contributed by atoms with Crippen molar-refractivity contribution >= 4 is 17.2 Å². The first kappa shape index (κ1) is 12.0. The van der Waals surface area contributed by atoms with E-state index in [2.05, 4.69) is 0 Å². The molecule has 0 spiro atoms. The maximum atomic E-state index is 12.6. The number of anilines is 1. The Balaban J connectivity index is 1.64. The third kappa shape index (κ3) is 1.96. The minimum Gasteiger partial charge on any atom is -0.454 e. The average Bonchev–Trinajstić information content (AvgIpc) is 3.13. The molecule has 0 saturated heterocycles. The van der Waals surface area contributed by atoms with Gasteiger partial charge in [0.2, 0.25) is 6.79 Å². The zero-order chi connectivity index (χ0) is 14.2. The molecule has 2 heterocycles. The summed E-state index contributed by atoms with van der Waals surface area (Å²) in [4.78, 5) is 14.4. The molecule has 4 nitrogen and oxygen atoms in total. The van der Waals surface area contributed by atoms with Crippen LogP contribution in [0.3, 0.4) is 0 Å². The third-order valence-corrected chi connectivity index (χ3v) is 3.70. The van der Waals surface area contributed by atoms with Crippen molar-refractivity contribution in [3.8, 4) is 11.5 Å². The Bertz CT molecular complexity index is 737. The van der Waals surface area contributed by atoms with Gasteiger partial charge >= 0.3 is 0 Å². The predicted octanol–water partition coefficient (Wildman–Crippen LogP) is 2.85. The summed E-state index contributed by atoms with van der Waals surface area (Å²) in [5, 5.41) is 0. The number of carbonyl (C=O) groups excluding carboxylic acids is 1. The molecule has 4 rings (SSSR count). The normalized spacial score (nSPS) is 16.3. The van der Waals surface area contributed by atoms with Crippen molar-refractivity contribution in [2.45, 2.75) is 0 Å². The van der Waals surface area contributed by atoms with E-state index in [1.54, 1.807) is 4.90 Å². The van der Waals surface area contributed by atoms with Gasteiger partial charge in [-0.3, -0.25) is 4.79 Å². The van der Waals surface area contributed by atoms with Crippen LogP contribution in [0.2, 0.25) is 0 Å². The second-order valence-electron chi connectivity index (χ2n) is 4.94. The van der Waals surface area contributed by atoms with Gasteiger partial charge < -0.3 is 14.4 Å². The van der Waals surface area contributed by atoms with E-state index in [0.717, 1.165) is 17.0 Å². The third-order valence-electron chi connectivity index (χ3n) is 3.70. The smallest absolute Gasteiger partial charge is 0.258 e. The molecule has 0 radical (unpaired) electrons. The van der Waals surface area contributed by atoms with Gasteiger partial charge in [-0.15, -0.1) is 0 Å². The molecule has 0 aromatic heterocycles. The highest BCUT2D eigenvalue weighted by Gasteiger charge is 2.27. The highest BCUT2D eigenvalue weighted by Crippen LogP contribution is 2.36. The first-order valence-corrected chi connectivity index (χ1v) is 6.80. The quantitative estimate of drug-likeness (QED) is 0.848. The average molecular weight is 279 g/mol. The zero-order valence-electron chi connectivity index (χ0n) is 11.3. The van der Waals surface area contributed by atoms with Crippen molar-refractivity contribution in [1.82, 2.24) is 0 Å². The van der Waals surface area contributed by atoms with Crippen LogP contribution < -0.4 is 14.4 Å². The lowest BCUT2D eigenvalue weighted by Gasteiger charge is -2.16. The van der Waals surface area contributed by atoms with E-state index in [9.17, 15) is 4.79 Å². The molecular formula is C17H13NO3. The SMILES string of the molecule is O=C1C(c2ccc3c(c2)OCO3)=CCN1c1ccccc1. The summed E-state index contributed by atoms with van der Waals surface area (Å²) in [6.07, 6.45) is 1.95. The first-order chi connectivity index (χ1) is 10.3. The van der Waals surface area contributed by atoms with Gasteiger partial charge in [-0.05, 0) is 29.8 Å². The minimum atomic E-state index is 0.0139. The molecule has 0 N–H and O–H groups in total. The van der Waals surface area contributed by atoms with E-state index in [1.807, 2.05) is 54.6 Å². The number of ether oxygens (including phenoxy) is 2. The zero-order valence-corrected chi connectivity index (χ0v) is 11.3.